The zero-order valence-electron chi connectivity index (χ0n) is 22.7. The normalized spacial score (nSPS) is 34.2. The van der Waals surface area contributed by atoms with Crippen LogP contribution in [-0.4, -0.2) is 70.1 Å². The number of aliphatic hydroxyl groups is 1. The Morgan fingerprint density at radius 2 is 2.05 bits per heavy atom. The first-order valence-electron chi connectivity index (χ1n) is 14.6. The summed E-state index contributed by atoms with van der Waals surface area (Å²) in [6.07, 6.45) is 7.13. The number of ether oxygens (including phenoxy) is 2. The van der Waals surface area contributed by atoms with Crippen LogP contribution in [0.5, 0.6) is 6.01 Å². The summed E-state index contributed by atoms with van der Waals surface area (Å²) in [6, 6.07) is 6.89. The predicted octanol–water partition coefficient (Wildman–Crippen LogP) is 4.85. The summed E-state index contributed by atoms with van der Waals surface area (Å²) in [6.45, 7) is 5.49. The van der Waals surface area contributed by atoms with Gasteiger partial charge in [0.05, 0.1) is 29.0 Å². The molecule has 1 spiro atoms. The van der Waals surface area contributed by atoms with Crippen LogP contribution in [0.25, 0.3) is 0 Å². The van der Waals surface area contributed by atoms with Crippen molar-refractivity contribution >= 4 is 21.7 Å². The topological polar surface area (TPSA) is 71.0 Å². The standard InChI is InChI=1S/C30H38BrFN4O3/c1-28(37)8-3-11-35(18-28)26-23-17-39-30(10-2-5-20-6-7-21(31)13-24(20)30)15-25(23)33-27(34-26)38-19-29-9-4-12-36(29)16-22(32)14-29/h6-7,13,22,37H,2-5,8-12,14-19H2,1H3. The van der Waals surface area contributed by atoms with Crippen LogP contribution in [0.2, 0.25) is 0 Å². The molecule has 2 aromatic rings. The number of aryl methyl sites for hydroxylation is 1. The van der Waals surface area contributed by atoms with Crippen molar-refractivity contribution in [3.8, 4) is 6.01 Å². The highest BCUT2D eigenvalue weighted by Gasteiger charge is 2.50. The second kappa shape index (κ2) is 9.64. The highest BCUT2D eigenvalue weighted by Crippen LogP contribution is 2.47. The van der Waals surface area contributed by atoms with Gasteiger partial charge < -0.3 is 19.5 Å². The van der Waals surface area contributed by atoms with Gasteiger partial charge in [-0.25, -0.2) is 4.39 Å². The Morgan fingerprint density at radius 1 is 1.18 bits per heavy atom. The van der Waals surface area contributed by atoms with Gasteiger partial charge in [0.1, 0.15) is 18.6 Å². The zero-order valence-corrected chi connectivity index (χ0v) is 24.3. The van der Waals surface area contributed by atoms with Gasteiger partial charge in [0, 0.05) is 42.5 Å². The van der Waals surface area contributed by atoms with Crippen molar-refractivity contribution in [2.75, 3.05) is 37.7 Å². The summed E-state index contributed by atoms with van der Waals surface area (Å²) >= 11 is 3.67. The van der Waals surface area contributed by atoms with Crippen molar-refractivity contribution in [2.45, 2.75) is 94.2 Å². The van der Waals surface area contributed by atoms with E-state index in [1.165, 1.54) is 11.1 Å². The Bertz CT molecular complexity index is 1280. The molecule has 3 saturated heterocycles. The Morgan fingerprint density at radius 3 is 2.92 bits per heavy atom. The van der Waals surface area contributed by atoms with Crippen molar-refractivity contribution in [2.24, 2.45) is 0 Å². The summed E-state index contributed by atoms with van der Waals surface area (Å²) in [5, 5.41) is 10.9. The molecule has 4 aliphatic heterocycles. The quantitative estimate of drug-likeness (QED) is 0.538. The number of piperidine rings is 1. The van der Waals surface area contributed by atoms with Crippen LogP contribution in [0.1, 0.15) is 74.3 Å². The molecule has 1 aromatic heterocycles. The Kier molecular flexibility index (Phi) is 6.45. The van der Waals surface area contributed by atoms with Gasteiger partial charge in [-0.3, -0.25) is 4.90 Å². The molecular formula is C30H38BrFN4O3. The molecule has 0 radical (unpaired) electrons. The van der Waals surface area contributed by atoms with E-state index in [1.54, 1.807) is 0 Å². The number of halogens is 2. The van der Waals surface area contributed by atoms with Crippen LogP contribution in [0, 0.1) is 0 Å². The molecule has 3 fully saturated rings. The number of fused-ring (bicyclic) bond motifs is 4. The monoisotopic (exact) mass is 600 g/mol. The minimum absolute atomic E-state index is 0.257. The third-order valence-corrected chi connectivity index (χ3v) is 10.3. The summed E-state index contributed by atoms with van der Waals surface area (Å²) in [4.78, 5) is 14.4. The van der Waals surface area contributed by atoms with Gasteiger partial charge in [0.25, 0.3) is 0 Å². The van der Waals surface area contributed by atoms with Crippen molar-refractivity contribution in [3.63, 3.8) is 0 Å². The molecule has 1 N–H and O–H groups in total. The van der Waals surface area contributed by atoms with Crippen molar-refractivity contribution in [3.05, 3.63) is 45.1 Å². The first-order chi connectivity index (χ1) is 18.7. The van der Waals surface area contributed by atoms with Gasteiger partial charge in [-0.05, 0) is 81.7 Å². The van der Waals surface area contributed by atoms with E-state index in [1.807, 2.05) is 6.92 Å². The number of nitrogens with zero attached hydrogens (tertiary/aromatic N) is 4. The largest absolute Gasteiger partial charge is 0.461 e. The fourth-order valence-electron chi connectivity index (χ4n) is 7.92. The Balaban J connectivity index is 1.25. The van der Waals surface area contributed by atoms with Gasteiger partial charge in [0.15, 0.2) is 0 Å². The van der Waals surface area contributed by atoms with Gasteiger partial charge in [-0.1, -0.05) is 22.0 Å². The number of alkyl halides is 1. The van der Waals surface area contributed by atoms with E-state index < -0.39 is 17.4 Å². The lowest BCUT2D eigenvalue weighted by Gasteiger charge is -2.44. The minimum atomic E-state index is -0.799. The average molecular weight is 602 g/mol. The number of anilines is 1. The lowest BCUT2D eigenvalue weighted by molar-refractivity contribution is -0.0857. The predicted molar refractivity (Wildman–Crippen MR) is 150 cm³/mol. The molecule has 4 atom stereocenters. The summed E-state index contributed by atoms with van der Waals surface area (Å²) in [7, 11) is 0. The molecule has 4 unspecified atom stereocenters. The van der Waals surface area contributed by atoms with Crippen molar-refractivity contribution < 1.29 is 19.0 Å². The molecule has 0 amide bonds. The third kappa shape index (κ3) is 4.67. The van der Waals surface area contributed by atoms with Crippen LogP contribution >= 0.6 is 15.9 Å². The number of benzene rings is 1. The average Bonchev–Trinajstić information content (AvgIpc) is 3.42. The number of hydrogen-bond acceptors (Lipinski definition) is 7. The van der Waals surface area contributed by atoms with Crippen LogP contribution in [0.3, 0.4) is 0 Å². The van der Waals surface area contributed by atoms with Crippen molar-refractivity contribution in [1.82, 2.24) is 14.9 Å². The third-order valence-electron chi connectivity index (χ3n) is 9.79. The van der Waals surface area contributed by atoms with Gasteiger partial charge >= 0.3 is 6.01 Å². The molecule has 7 rings (SSSR count). The molecule has 5 heterocycles. The van der Waals surface area contributed by atoms with Crippen molar-refractivity contribution in [1.29, 1.82) is 0 Å². The van der Waals surface area contributed by atoms with E-state index in [0.29, 0.717) is 45.2 Å². The van der Waals surface area contributed by atoms with Crippen LogP contribution in [0.4, 0.5) is 10.2 Å². The number of hydrogen-bond donors (Lipinski definition) is 1. The number of rotatable bonds is 4. The highest BCUT2D eigenvalue weighted by atomic mass is 79.9. The van der Waals surface area contributed by atoms with E-state index in [2.05, 4.69) is 43.9 Å². The molecule has 39 heavy (non-hydrogen) atoms. The molecule has 210 valence electrons. The first kappa shape index (κ1) is 26.1. The molecular weight excluding hydrogens is 563 g/mol. The summed E-state index contributed by atoms with van der Waals surface area (Å²) < 4.78 is 28.6. The van der Waals surface area contributed by atoms with Gasteiger partial charge in [-0.15, -0.1) is 0 Å². The van der Waals surface area contributed by atoms with Gasteiger partial charge in [0.2, 0.25) is 0 Å². The SMILES string of the molecule is CC1(O)CCCN(c2nc(OCC34CCCN3CC(F)C4)nc3c2COC2(CCCc4ccc(Br)cc42)C3)C1. The fourth-order valence-corrected chi connectivity index (χ4v) is 8.28. The zero-order chi connectivity index (χ0) is 26.8. The van der Waals surface area contributed by atoms with E-state index in [4.69, 9.17) is 19.4 Å². The maximum absolute atomic E-state index is 14.4. The molecule has 1 aliphatic carbocycles. The van der Waals surface area contributed by atoms with E-state index in [9.17, 15) is 9.50 Å². The van der Waals surface area contributed by atoms with Crippen LogP contribution < -0.4 is 9.64 Å². The second-order valence-electron chi connectivity index (χ2n) is 12.8. The maximum atomic E-state index is 14.4. The molecule has 7 nitrogen and oxygen atoms in total. The summed E-state index contributed by atoms with van der Waals surface area (Å²) in [5.74, 6) is 0.811. The molecule has 0 saturated carbocycles. The van der Waals surface area contributed by atoms with E-state index in [-0.39, 0.29) is 5.54 Å². The Hall–Kier alpha value is -1.81. The van der Waals surface area contributed by atoms with E-state index >= 15 is 0 Å². The number of aromatic nitrogens is 2. The lowest BCUT2D eigenvalue weighted by Crippen LogP contribution is -2.47. The molecule has 0 bridgehead atoms. The molecule has 5 aliphatic rings. The molecule has 1 aromatic carbocycles. The van der Waals surface area contributed by atoms with Crippen LogP contribution in [-0.2, 0) is 29.8 Å². The summed E-state index contributed by atoms with van der Waals surface area (Å²) in [5.41, 5.74) is 3.10. The Labute approximate surface area is 238 Å². The fraction of sp³-hybridized carbons (Fsp3) is 0.667. The number of β-amino-alcohol motifs (C(OH)–C–C–N with tert-alkyl or cyclic N) is 1. The maximum Gasteiger partial charge on any atom is 0.318 e. The lowest BCUT2D eigenvalue weighted by atomic mass is 9.75. The second-order valence-corrected chi connectivity index (χ2v) is 13.7. The highest BCUT2D eigenvalue weighted by molar-refractivity contribution is 9.10. The first-order valence-corrected chi connectivity index (χ1v) is 15.4. The minimum Gasteiger partial charge on any atom is -0.461 e. The molecule has 9 heteroatoms. The smallest absolute Gasteiger partial charge is 0.318 e. The van der Waals surface area contributed by atoms with E-state index in [0.717, 1.165) is 79.6 Å². The van der Waals surface area contributed by atoms with Gasteiger partial charge in [-0.2, -0.15) is 9.97 Å². The van der Waals surface area contributed by atoms with Crippen LogP contribution in [0.15, 0.2) is 22.7 Å².